The molecule has 0 aliphatic heterocycles. The number of rotatable bonds is 8. The zero-order valence-electron chi connectivity index (χ0n) is 7.29. The van der Waals surface area contributed by atoms with E-state index in [4.69, 9.17) is 9.84 Å². The summed E-state index contributed by atoms with van der Waals surface area (Å²) in [5, 5.41) is 8.30. The number of ether oxygens (including phenoxy) is 1. The predicted octanol–water partition coefficient (Wildman–Crippen LogP) is 1.83. The fourth-order valence-corrected chi connectivity index (χ4v) is 0.749. The van der Waals surface area contributed by atoms with Crippen molar-refractivity contribution in [1.82, 2.24) is 0 Å². The molecule has 0 aliphatic rings. The van der Waals surface area contributed by atoms with Crippen LogP contribution in [0.25, 0.3) is 0 Å². The van der Waals surface area contributed by atoms with E-state index in [0.29, 0.717) is 19.6 Å². The van der Waals surface area contributed by atoms with E-state index in [1.54, 1.807) is 6.08 Å². The van der Waals surface area contributed by atoms with Gasteiger partial charge in [-0.2, -0.15) is 0 Å². The van der Waals surface area contributed by atoms with Crippen molar-refractivity contribution in [2.45, 2.75) is 25.7 Å². The predicted molar refractivity (Wildman–Crippen MR) is 47.1 cm³/mol. The molecule has 0 aromatic rings. The molecule has 0 unspecified atom stereocenters. The third-order valence-electron chi connectivity index (χ3n) is 1.40. The first-order chi connectivity index (χ1) is 5.77. The molecule has 0 bridgehead atoms. The summed E-state index contributed by atoms with van der Waals surface area (Å²) in [6.45, 7) is 4.91. The molecule has 0 saturated heterocycles. The molecule has 3 nitrogen and oxygen atoms in total. The number of aliphatic carboxylic acids is 1. The molecule has 0 aliphatic carbocycles. The second-order valence-corrected chi connectivity index (χ2v) is 2.54. The minimum atomic E-state index is -0.735. The van der Waals surface area contributed by atoms with Crippen molar-refractivity contribution in [2.24, 2.45) is 0 Å². The van der Waals surface area contributed by atoms with Gasteiger partial charge in [0.2, 0.25) is 0 Å². The lowest BCUT2D eigenvalue weighted by molar-refractivity contribution is -0.137. The molecule has 70 valence electrons. The van der Waals surface area contributed by atoms with Crippen LogP contribution in [0.5, 0.6) is 0 Å². The second-order valence-electron chi connectivity index (χ2n) is 2.54. The van der Waals surface area contributed by atoms with Crippen LogP contribution < -0.4 is 0 Å². The van der Waals surface area contributed by atoms with E-state index in [0.717, 1.165) is 12.8 Å². The van der Waals surface area contributed by atoms with E-state index < -0.39 is 5.97 Å². The van der Waals surface area contributed by atoms with E-state index in [2.05, 4.69) is 6.58 Å². The van der Waals surface area contributed by atoms with Crippen LogP contribution in [0.4, 0.5) is 0 Å². The molecule has 0 aromatic heterocycles. The van der Waals surface area contributed by atoms with Crippen molar-refractivity contribution in [3.63, 3.8) is 0 Å². The lowest BCUT2D eigenvalue weighted by Gasteiger charge is -2.00. The number of carboxylic acid groups (broad SMARTS) is 1. The third-order valence-corrected chi connectivity index (χ3v) is 1.40. The maximum absolute atomic E-state index is 10.1. The van der Waals surface area contributed by atoms with Crippen molar-refractivity contribution >= 4 is 5.97 Å². The Bertz CT molecular complexity index is 132. The molecular formula is C9H16O3. The third kappa shape index (κ3) is 9.17. The topological polar surface area (TPSA) is 46.5 Å². The molecule has 0 spiro atoms. The van der Waals surface area contributed by atoms with Gasteiger partial charge in [0.15, 0.2) is 0 Å². The number of carboxylic acids is 1. The number of unbranched alkanes of at least 4 members (excludes halogenated alkanes) is 1. The highest BCUT2D eigenvalue weighted by Gasteiger charge is 1.95. The summed E-state index contributed by atoms with van der Waals surface area (Å²) in [5.41, 5.74) is 0. The SMILES string of the molecule is C=CCCOCCCCC(=O)O. The van der Waals surface area contributed by atoms with Gasteiger partial charge in [-0.1, -0.05) is 6.08 Å². The Labute approximate surface area is 73.0 Å². The van der Waals surface area contributed by atoms with Crippen molar-refractivity contribution in [1.29, 1.82) is 0 Å². The van der Waals surface area contributed by atoms with Crippen LogP contribution in [0.15, 0.2) is 12.7 Å². The van der Waals surface area contributed by atoms with Gasteiger partial charge in [0.25, 0.3) is 0 Å². The summed E-state index contributed by atoms with van der Waals surface area (Å²) >= 11 is 0. The standard InChI is InChI=1S/C9H16O3/c1-2-3-7-12-8-5-4-6-9(10)11/h2H,1,3-8H2,(H,10,11). The van der Waals surface area contributed by atoms with Crippen LogP contribution in [0, 0.1) is 0 Å². The normalized spacial score (nSPS) is 9.67. The molecule has 12 heavy (non-hydrogen) atoms. The van der Waals surface area contributed by atoms with E-state index >= 15 is 0 Å². The molecule has 0 saturated carbocycles. The monoisotopic (exact) mass is 172 g/mol. The Kier molecular flexibility index (Phi) is 7.70. The average Bonchev–Trinajstić information content (AvgIpc) is 2.02. The molecule has 0 fully saturated rings. The maximum atomic E-state index is 10.1. The van der Waals surface area contributed by atoms with Crippen molar-refractivity contribution in [3.8, 4) is 0 Å². The lowest BCUT2D eigenvalue weighted by atomic mass is 10.2. The highest BCUT2D eigenvalue weighted by atomic mass is 16.5. The van der Waals surface area contributed by atoms with Crippen LogP contribution in [-0.4, -0.2) is 24.3 Å². The molecule has 3 heteroatoms. The first kappa shape index (κ1) is 11.2. The summed E-state index contributed by atoms with van der Waals surface area (Å²) in [6.07, 6.45) is 4.42. The first-order valence-electron chi connectivity index (χ1n) is 4.18. The molecule has 0 atom stereocenters. The van der Waals surface area contributed by atoms with Crippen LogP contribution in [0.1, 0.15) is 25.7 Å². The van der Waals surface area contributed by atoms with Gasteiger partial charge in [-0.25, -0.2) is 0 Å². The van der Waals surface area contributed by atoms with E-state index in [-0.39, 0.29) is 6.42 Å². The van der Waals surface area contributed by atoms with Gasteiger partial charge in [0.1, 0.15) is 0 Å². The summed E-state index contributed by atoms with van der Waals surface area (Å²) in [7, 11) is 0. The van der Waals surface area contributed by atoms with Gasteiger partial charge in [-0.15, -0.1) is 6.58 Å². The highest BCUT2D eigenvalue weighted by molar-refractivity contribution is 5.66. The Balaban J connectivity index is 2.90. The Morgan fingerprint density at radius 3 is 2.75 bits per heavy atom. The van der Waals surface area contributed by atoms with E-state index in [1.165, 1.54) is 0 Å². The lowest BCUT2D eigenvalue weighted by Crippen LogP contribution is -1.98. The number of hydrogen-bond acceptors (Lipinski definition) is 2. The molecule has 0 aromatic carbocycles. The van der Waals surface area contributed by atoms with Crippen LogP contribution in [0.3, 0.4) is 0 Å². The second kappa shape index (κ2) is 8.27. The van der Waals surface area contributed by atoms with Crippen LogP contribution >= 0.6 is 0 Å². The van der Waals surface area contributed by atoms with Crippen molar-refractivity contribution in [2.75, 3.05) is 13.2 Å². The Morgan fingerprint density at radius 1 is 1.42 bits per heavy atom. The molecule has 0 radical (unpaired) electrons. The van der Waals surface area contributed by atoms with Gasteiger partial charge in [-0.05, 0) is 19.3 Å². The maximum Gasteiger partial charge on any atom is 0.303 e. The number of hydrogen-bond donors (Lipinski definition) is 1. The fourth-order valence-electron chi connectivity index (χ4n) is 0.749. The molecular weight excluding hydrogens is 156 g/mol. The van der Waals surface area contributed by atoms with Crippen LogP contribution in [0.2, 0.25) is 0 Å². The van der Waals surface area contributed by atoms with Crippen molar-refractivity contribution in [3.05, 3.63) is 12.7 Å². The highest BCUT2D eigenvalue weighted by Crippen LogP contribution is 1.96. The smallest absolute Gasteiger partial charge is 0.303 e. The molecule has 1 N–H and O–H groups in total. The van der Waals surface area contributed by atoms with Gasteiger partial charge < -0.3 is 9.84 Å². The Morgan fingerprint density at radius 2 is 2.17 bits per heavy atom. The van der Waals surface area contributed by atoms with Gasteiger partial charge in [0.05, 0.1) is 0 Å². The summed E-state index contributed by atoms with van der Waals surface area (Å²) < 4.78 is 5.19. The van der Waals surface area contributed by atoms with Gasteiger partial charge in [-0.3, -0.25) is 4.79 Å². The summed E-state index contributed by atoms with van der Waals surface area (Å²) in [5.74, 6) is -0.735. The quantitative estimate of drug-likeness (QED) is 0.449. The number of carbonyl (C=O) groups is 1. The van der Waals surface area contributed by atoms with Gasteiger partial charge >= 0.3 is 5.97 Å². The average molecular weight is 172 g/mol. The zero-order chi connectivity index (χ0) is 9.23. The zero-order valence-corrected chi connectivity index (χ0v) is 7.29. The summed E-state index contributed by atoms with van der Waals surface area (Å²) in [6, 6.07) is 0. The Hall–Kier alpha value is -0.830. The van der Waals surface area contributed by atoms with E-state index in [9.17, 15) is 4.79 Å². The molecule has 0 heterocycles. The largest absolute Gasteiger partial charge is 0.481 e. The fraction of sp³-hybridized carbons (Fsp3) is 0.667. The first-order valence-corrected chi connectivity index (χ1v) is 4.18. The molecule has 0 amide bonds. The minimum Gasteiger partial charge on any atom is -0.481 e. The van der Waals surface area contributed by atoms with Crippen LogP contribution in [-0.2, 0) is 9.53 Å². The van der Waals surface area contributed by atoms with Gasteiger partial charge in [0, 0.05) is 19.6 Å². The van der Waals surface area contributed by atoms with Crippen molar-refractivity contribution < 1.29 is 14.6 Å². The summed E-state index contributed by atoms with van der Waals surface area (Å²) in [4.78, 5) is 10.1. The van der Waals surface area contributed by atoms with E-state index in [1.807, 2.05) is 0 Å². The minimum absolute atomic E-state index is 0.241. The molecule has 0 rings (SSSR count).